The number of hydrogen-bond acceptors (Lipinski definition) is 4. The van der Waals surface area contributed by atoms with E-state index >= 15 is 0 Å². The topological polar surface area (TPSA) is 80.3 Å². The molecule has 0 radical (unpaired) electrons. The third-order valence-corrected chi connectivity index (χ3v) is 4.91. The van der Waals surface area contributed by atoms with Crippen molar-refractivity contribution in [1.82, 2.24) is 10.3 Å². The Morgan fingerprint density at radius 2 is 1.78 bits per heavy atom. The van der Waals surface area contributed by atoms with E-state index in [0.29, 0.717) is 27.6 Å². The van der Waals surface area contributed by atoms with Crippen molar-refractivity contribution < 1.29 is 14.3 Å². The fraction of sp³-hybridized carbons (Fsp3) is 0.350. The molecule has 0 bridgehead atoms. The van der Waals surface area contributed by atoms with Gasteiger partial charge in [0, 0.05) is 24.1 Å². The van der Waals surface area contributed by atoms with Crippen molar-refractivity contribution in [2.75, 3.05) is 12.4 Å². The summed E-state index contributed by atoms with van der Waals surface area (Å²) in [7, 11) is 1.52. The highest BCUT2D eigenvalue weighted by molar-refractivity contribution is 6.32. The van der Waals surface area contributed by atoms with E-state index in [1.165, 1.54) is 25.9 Å². The van der Waals surface area contributed by atoms with Crippen molar-refractivity contribution in [2.24, 2.45) is 0 Å². The van der Waals surface area contributed by atoms with E-state index in [9.17, 15) is 9.59 Å². The Morgan fingerprint density at radius 3 is 2.44 bits per heavy atom. The van der Waals surface area contributed by atoms with Crippen LogP contribution in [0.1, 0.15) is 52.8 Å². The lowest BCUT2D eigenvalue weighted by Crippen LogP contribution is -2.36. The highest BCUT2D eigenvalue weighted by Gasteiger charge is 2.18. The number of carbonyl (C=O) groups is 2. The van der Waals surface area contributed by atoms with Crippen molar-refractivity contribution in [1.29, 1.82) is 0 Å². The predicted octanol–water partition coefficient (Wildman–Crippen LogP) is 4.06. The molecule has 1 aromatic carbocycles. The summed E-state index contributed by atoms with van der Waals surface area (Å²) >= 11 is 6.08. The molecule has 0 saturated heterocycles. The molecule has 2 aromatic rings. The molecule has 7 heteroatoms. The molecule has 1 aliphatic carbocycles. The minimum atomic E-state index is -0.365. The minimum Gasteiger partial charge on any atom is -0.495 e. The van der Waals surface area contributed by atoms with Gasteiger partial charge in [-0.25, -0.2) is 0 Å². The Hall–Kier alpha value is -2.60. The molecule has 0 aliphatic heterocycles. The van der Waals surface area contributed by atoms with E-state index in [1.54, 1.807) is 24.3 Å². The number of nitrogens with zero attached hydrogens (tertiary/aromatic N) is 1. The number of ether oxygens (including phenoxy) is 1. The van der Waals surface area contributed by atoms with E-state index in [1.807, 2.05) is 0 Å². The summed E-state index contributed by atoms with van der Waals surface area (Å²) in [6, 6.07) is 6.71. The monoisotopic (exact) mass is 387 g/mol. The highest BCUT2D eigenvalue weighted by Crippen LogP contribution is 2.27. The fourth-order valence-corrected chi connectivity index (χ4v) is 3.41. The largest absolute Gasteiger partial charge is 0.495 e. The first-order chi connectivity index (χ1) is 13.1. The molecular formula is C20H22ClN3O3. The van der Waals surface area contributed by atoms with Crippen molar-refractivity contribution in [3.63, 3.8) is 0 Å². The first-order valence-corrected chi connectivity index (χ1v) is 9.35. The van der Waals surface area contributed by atoms with Crippen molar-refractivity contribution in [2.45, 2.75) is 38.1 Å². The second-order valence-corrected chi connectivity index (χ2v) is 6.98. The van der Waals surface area contributed by atoms with Crippen LogP contribution in [0.5, 0.6) is 5.75 Å². The lowest BCUT2D eigenvalue weighted by atomic mass is 9.95. The molecule has 0 spiro atoms. The summed E-state index contributed by atoms with van der Waals surface area (Å²) in [5.41, 5.74) is 1.21. The molecule has 142 valence electrons. The van der Waals surface area contributed by atoms with Gasteiger partial charge in [-0.05, 0) is 37.1 Å². The van der Waals surface area contributed by atoms with E-state index in [4.69, 9.17) is 16.3 Å². The van der Waals surface area contributed by atoms with Crippen molar-refractivity contribution >= 4 is 29.1 Å². The zero-order valence-electron chi connectivity index (χ0n) is 15.1. The number of hydrogen-bond donors (Lipinski definition) is 2. The van der Waals surface area contributed by atoms with E-state index < -0.39 is 0 Å². The number of anilines is 1. The first-order valence-electron chi connectivity index (χ1n) is 8.97. The lowest BCUT2D eigenvalue weighted by molar-refractivity contribution is 0.0927. The molecule has 2 N–H and O–H groups in total. The molecule has 27 heavy (non-hydrogen) atoms. The summed E-state index contributed by atoms with van der Waals surface area (Å²) in [6.45, 7) is 0. The third kappa shape index (κ3) is 4.98. The number of nitrogens with one attached hydrogen (secondary N) is 2. The summed E-state index contributed by atoms with van der Waals surface area (Å²) in [5.74, 6) is -0.0368. The molecule has 0 atom stereocenters. The van der Waals surface area contributed by atoms with Gasteiger partial charge >= 0.3 is 0 Å². The third-order valence-electron chi connectivity index (χ3n) is 4.61. The number of pyridine rings is 1. The SMILES string of the molecule is COc1ccc(NC(=O)c2cncc(C(=O)NC3CCCCC3)c2)cc1Cl. The van der Waals surface area contributed by atoms with Gasteiger partial charge in [0.15, 0.2) is 0 Å². The van der Waals surface area contributed by atoms with Crippen LogP contribution in [0.25, 0.3) is 0 Å². The van der Waals surface area contributed by atoms with E-state index in [-0.39, 0.29) is 17.9 Å². The lowest BCUT2D eigenvalue weighted by Gasteiger charge is -2.22. The summed E-state index contributed by atoms with van der Waals surface area (Å²) in [5, 5.41) is 6.17. The second-order valence-electron chi connectivity index (χ2n) is 6.57. The van der Waals surface area contributed by atoms with Gasteiger partial charge in [0.2, 0.25) is 0 Å². The number of amides is 2. The van der Waals surface area contributed by atoms with E-state index in [0.717, 1.165) is 25.7 Å². The van der Waals surface area contributed by atoms with Crippen LogP contribution in [0.15, 0.2) is 36.7 Å². The van der Waals surface area contributed by atoms with Crippen molar-refractivity contribution in [3.8, 4) is 5.75 Å². The quantitative estimate of drug-likeness (QED) is 0.810. The maximum atomic E-state index is 12.5. The molecule has 2 amide bonds. The predicted molar refractivity (Wildman–Crippen MR) is 105 cm³/mol. The zero-order valence-corrected chi connectivity index (χ0v) is 15.9. The summed E-state index contributed by atoms with van der Waals surface area (Å²) in [6.07, 6.45) is 8.39. The number of carbonyl (C=O) groups excluding carboxylic acids is 2. The molecule has 3 rings (SSSR count). The van der Waals surface area contributed by atoms with Gasteiger partial charge in [-0.3, -0.25) is 14.6 Å². The van der Waals surface area contributed by atoms with Gasteiger partial charge in [-0.1, -0.05) is 30.9 Å². The number of halogens is 1. The van der Waals surface area contributed by atoms with E-state index in [2.05, 4.69) is 15.6 Å². The zero-order chi connectivity index (χ0) is 19.2. The van der Waals surface area contributed by atoms with Crippen LogP contribution in [0.3, 0.4) is 0 Å². The average molecular weight is 388 g/mol. The van der Waals surface area contributed by atoms with Gasteiger partial charge in [0.1, 0.15) is 5.75 Å². The summed E-state index contributed by atoms with van der Waals surface area (Å²) in [4.78, 5) is 29.0. The van der Waals surface area contributed by atoms with Crippen LogP contribution < -0.4 is 15.4 Å². The molecular weight excluding hydrogens is 366 g/mol. The van der Waals surface area contributed by atoms with Crippen LogP contribution in [-0.2, 0) is 0 Å². The first kappa shape index (κ1) is 19.2. The Kier molecular flexibility index (Phi) is 6.29. The molecule has 6 nitrogen and oxygen atoms in total. The normalized spacial score (nSPS) is 14.4. The Morgan fingerprint density at radius 1 is 1.07 bits per heavy atom. The highest BCUT2D eigenvalue weighted by atomic mass is 35.5. The second kappa shape index (κ2) is 8.86. The molecule has 1 fully saturated rings. The summed E-state index contributed by atoms with van der Waals surface area (Å²) < 4.78 is 5.09. The Balaban J connectivity index is 1.67. The Bertz CT molecular complexity index is 835. The van der Waals surface area contributed by atoms with Crippen LogP contribution in [-0.4, -0.2) is 29.9 Å². The maximum absolute atomic E-state index is 12.5. The number of aromatic nitrogens is 1. The van der Waals surface area contributed by atoms with Crippen molar-refractivity contribution in [3.05, 3.63) is 52.8 Å². The molecule has 1 heterocycles. The molecule has 1 aliphatic rings. The smallest absolute Gasteiger partial charge is 0.257 e. The van der Waals surface area contributed by atoms with Crippen LogP contribution >= 0.6 is 11.6 Å². The van der Waals surface area contributed by atoms with Gasteiger partial charge in [0.05, 0.1) is 23.3 Å². The molecule has 1 aromatic heterocycles. The molecule has 1 saturated carbocycles. The van der Waals surface area contributed by atoms with Gasteiger partial charge < -0.3 is 15.4 Å². The fourth-order valence-electron chi connectivity index (χ4n) is 3.15. The van der Waals surface area contributed by atoms with Crippen LogP contribution in [0, 0.1) is 0 Å². The van der Waals surface area contributed by atoms with Crippen LogP contribution in [0.2, 0.25) is 5.02 Å². The maximum Gasteiger partial charge on any atom is 0.257 e. The van der Waals surface area contributed by atoms with Gasteiger partial charge in [0.25, 0.3) is 11.8 Å². The standard InChI is InChI=1S/C20H22ClN3O3/c1-27-18-8-7-16(10-17(18)21)24-20(26)14-9-13(11-22-12-14)19(25)23-15-5-3-2-4-6-15/h7-12,15H,2-6H2,1H3,(H,23,25)(H,24,26). The van der Waals surface area contributed by atoms with Gasteiger partial charge in [-0.15, -0.1) is 0 Å². The average Bonchev–Trinajstić information content (AvgIpc) is 2.69. The van der Waals surface area contributed by atoms with Crippen LogP contribution in [0.4, 0.5) is 5.69 Å². The van der Waals surface area contributed by atoms with Gasteiger partial charge in [-0.2, -0.15) is 0 Å². The number of methoxy groups -OCH3 is 1. The number of rotatable bonds is 5. The molecule has 0 unspecified atom stereocenters. The number of benzene rings is 1. The Labute approximate surface area is 163 Å². The minimum absolute atomic E-state index is 0.198.